The Morgan fingerprint density at radius 3 is 2.71 bits per heavy atom. The molecule has 31 heavy (non-hydrogen) atoms. The smallest absolute Gasteiger partial charge is 0.154 e. The quantitative estimate of drug-likeness (QED) is 0.458. The number of piperidine rings is 1. The van der Waals surface area contributed by atoms with Crippen LogP contribution in [-0.4, -0.2) is 61.6 Å². The van der Waals surface area contributed by atoms with Crippen LogP contribution in [0.5, 0.6) is 0 Å². The molecule has 6 heterocycles. The maximum atomic E-state index is 4.86. The third-order valence-corrected chi connectivity index (χ3v) is 6.10. The molecule has 2 aliphatic heterocycles. The van der Waals surface area contributed by atoms with Crippen molar-refractivity contribution in [2.45, 2.75) is 24.9 Å². The zero-order valence-corrected chi connectivity index (χ0v) is 17.2. The first kappa shape index (κ1) is 18.5. The maximum absolute atomic E-state index is 4.86. The monoisotopic (exact) mass is 415 g/mol. The van der Waals surface area contributed by atoms with Crippen LogP contribution in [0.15, 0.2) is 48.9 Å². The van der Waals surface area contributed by atoms with E-state index in [0.29, 0.717) is 12.1 Å². The molecule has 6 rings (SSSR count). The molecule has 9 nitrogen and oxygen atoms in total. The van der Waals surface area contributed by atoms with Crippen molar-refractivity contribution in [2.24, 2.45) is 0 Å². The minimum atomic E-state index is 0.431. The van der Waals surface area contributed by atoms with E-state index in [0.717, 1.165) is 73.1 Å². The van der Waals surface area contributed by atoms with Gasteiger partial charge in [-0.25, -0.2) is 14.5 Å². The fourth-order valence-electron chi connectivity index (χ4n) is 4.17. The molecule has 0 spiro atoms. The zero-order chi connectivity index (χ0) is 20.6. The molecule has 0 unspecified atom stereocenters. The van der Waals surface area contributed by atoms with Crippen molar-refractivity contribution in [3.63, 3.8) is 0 Å². The molecule has 0 aliphatic carbocycles. The summed E-state index contributed by atoms with van der Waals surface area (Å²) in [5, 5.41) is 19.6. The van der Waals surface area contributed by atoms with Crippen LogP contribution in [0.1, 0.15) is 18.9 Å². The van der Waals surface area contributed by atoms with Crippen molar-refractivity contribution >= 4 is 11.5 Å². The van der Waals surface area contributed by atoms with Gasteiger partial charge in [-0.15, -0.1) is 0 Å². The lowest BCUT2D eigenvalue weighted by atomic mass is 10.1. The Bertz CT molecular complexity index is 1200. The minimum Gasteiger partial charge on any atom is -0.367 e. The molecular weight excluding hydrogens is 390 g/mol. The van der Waals surface area contributed by atoms with Crippen molar-refractivity contribution < 1.29 is 0 Å². The lowest BCUT2D eigenvalue weighted by Gasteiger charge is -2.27. The van der Waals surface area contributed by atoms with Crippen molar-refractivity contribution in [2.75, 3.05) is 31.5 Å². The number of fused-ring (bicyclic) bond motifs is 1. The third kappa shape index (κ3) is 3.55. The van der Waals surface area contributed by atoms with E-state index in [9.17, 15) is 0 Å². The first-order valence-corrected chi connectivity index (χ1v) is 10.9. The van der Waals surface area contributed by atoms with Crippen LogP contribution in [0.25, 0.3) is 28.3 Å². The summed E-state index contributed by atoms with van der Waals surface area (Å²) < 4.78 is 3.89. The number of nitrogens with one attached hydrogen (secondary N) is 3. The number of aromatic nitrogens is 6. The second kappa shape index (κ2) is 7.75. The summed E-state index contributed by atoms with van der Waals surface area (Å²) in [4.78, 5) is 9.39. The van der Waals surface area contributed by atoms with E-state index < -0.39 is 0 Å². The highest BCUT2D eigenvalue weighted by Gasteiger charge is 2.20. The van der Waals surface area contributed by atoms with Crippen LogP contribution in [0.3, 0.4) is 0 Å². The van der Waals surface area contributed by atoms with Crippen molar-refractivity contribution in [3.8, 4) is 22.6 Å². The molecule has 4 aromatic rings. The molecule has 0 radical (unpaired) electrons. The van der Waals surface area contributed by atoms with Crippen LogP contribution in [0.2, 0.25) is 0 Å². The lowest BCUT2D eigenvalue weighted by molar-refractivity contribution is 0.318. The normalized spacial score (nSPS) is 17.7. The molecule has 2 saturated heterocycles. The predicted octanol–water partition coefficient (Wildman–Crippen LogP) is 1.96. The van der Waals surface area contributed by atoms with Crippen LogP contribution in [-0.2, 0) is 0 Å². The van der Waals surface area contributed by atoms with E-state index in [2.05, 4.69) is 32.2 Å². The molecule has 2 fully saturated rings. The summed E-state index contributed by atoms with van der Waals surface area (Å²) >= 11 is 0. The van der Waals surface area contributed by atoms with Gasteiger partial charge in [0.25, 0.3) is 0 Å². The molecule has 158 valence electrons. The Labute approximate surface area is 179 Å². The second-order valence-corrected chi connectivity index (χ2v) is 8.23. The van der Waals surface area contributed by atoms with Gasteiger partial charge in [-0.05, 0) is 50.2 Å². The number of imidazole rings is 1. The Hall–Kier alpha value is -3.30. The number of hydrogen-bond acceptors (Lipinski definition) is 7. The van der Waals surface area contributed by atoms with Gasteiger partial charge in [-0.3, -0.25) is 4.68 Å². The Balaban J connectivity index is 1.31. The number of anilines is 1. The molecule has 2 aliphatic rings. The summed E-state index contributed by atoms with van der Waals surface area (Å²) in [6.45, 7) is 4.02. The van der Waals surface area contributed by atoms with Gasteiger partial charge in [-0.1, -0.05) is 6.07 Å². The fraction of sp³-hybridized carbons (Fsp3) is 0.364. The topological polar surface area (TPSA) is 97.0 Å². The SMILES string of the molecule is c1cc(NC2CCNCC2)nc(-c2cnc3ccc(-c4cnn(C5CNC5)c4)nn23)c1. The first-order chi connectivity index (χ1) is 15.3. The van der Waals surface area contributed by atoms with E-state index in [1.165, 1.54) is 0 Å². The first-order valence-electron chi connectivity index (χ1n) is 10.9. The van der Waals surface area contributed by atoms with Crippen molar-refractivity contribution in [1.29, 1.82) is 0 Å². The molecule has 0 atom stereocenters. The molecule has 0 aromatic carbocycles. The Morgan fingerprint density at radius 1 is 0.968 bits per heavy atom. The van der Waals surface area contributed by atoms with E-state index in [4.69, 9.17) is 10.1 Å². The van der Waals surface area contributed by atoms with E-state index >= 15 is 0 Å². The van der Waals surface area contributed by atoms with Gasteiger partial charge in [0.15, 0.2) is 5.65 Å². The minimum absolute atomic E-state index is 0.431. The predicted molar refractivity (Wildman–Crippen MR) is 119 cm³/mol. The zero-order valence-electron chi connectivity index (χ0n) is 17.2. The standard InChI is InChI=1S/C22H25N9/c1-2-19(28-21(3-1)27-16-6-8-23-9-7-16)20-13-25-22-5-4-18(29-31(20)22)15-10-26-30(14-15)17-11-24-12-17/h1-5,10,13-14,16-17,23-24H,6-9,11-12H2,(H,27,28). The summed E-state index contributed by atoms with van der Waals surface area (Å²) in [7, 11) is 0. The number of pyridine rings is 1. The summed E-state index contributed by atoms with van der Waals surface area (Å²) in [5.74, 6) is 0.894. The van der Waals surface area contributed by atoms with Crippen molar-refractivity contribution in [3.05, 3.63) is 48.9 Å². The molecule has 0 bridgehead atoms. The highest BCUT2D eigenvalue weighted by molar-refractivity contribution is 5.64. The summed E-state index contributed by atoms with van der Waals surface area (Å²) in [6.07, 6.45) is 8.00. The van der Waals surface area contributed by atoms with E-state index in [1.54, 1.807) is 0 Å². The molecular formula is C22H25N9. The van der Waals surface area contributed by atoms with E-state index in [-0.39, 0.29) is 0 Å². The largest absolute Gasteiger partial charge is 0.367 e. The molecule has 3 N–H and O–H groups in total. The van der Waals surface area contributed by atoms with Gasteiger partial charge < -0.3 is 16.0 Å². The number of rotatable bonds is 5. The van der Waals surface area contributed by atoms with Crippen LogP contribution >= 0.6 is 0 Å². The van der Waals surface area contributed by atoms with Gasteiger partial charge in [0.2, 0.25) is 0 Å². The van der Waals surface area contributed by atoms with Gasteiger partial charge in [0.1, 0.15) is 11.5 Å². The average molecular weight is 416 g/mol. The summed E-state index contributed by atoms with van der Waals surface area (Å²) in [6, 6.07) is 10.9. The van der Waals surface area contributed by atoms with E-state index in [1.807, 2.05) is 51.9 Å². The van der Waals surface area contributed by atoms with Crippen LogP contribution in [0, 0.1) is 0 Å². The second-order valence-electron chi connectivity index (χ2n) is 8.23. The Morgan fingerprint density at radius 2 is 1.87 bits per heavy atom. The summed E-state index contributed by atoms with van der Waals surface area (Å²) in [5.41, 5.74) is 4.40. The molecule has 0 saturated carbocycles. The van der Waals surface area contributed by atoms with Gasteiger partial charge >= 0.3 is 0 Å². The van der Waals surface area contributed by atoms with Gasteiger partial charge in [-0.2, -0.15) is 10.2 Å². The molecule has 4 aromatic heterocycles. The number of nitrogens with zero attached hydrogens (tertiary/aromatic N) is 6. The average Bonchev–Trinajstić information content (AvgIpc) is 3.40. The molecule has 9 heteroatoms. The lowest BCUT2D eigenvalue weighted by Crippen LogP contribution is -2.43. The highest BCUT2D eigenvalue weighted by atomic mass is 15.3. The fourth-order valence-corrected chi connectivity index (χ4v) is 4.17. The third-order valence-electron chi connectivity index (χ3n) is 6.10. The van der Waals surface area contributed by atoms with Gasteiger partial charge in [0.05, 0.1) is 29.8 Å². The van der Waals surface area contributed by atoms with Crippen molar-refractivity contribution in [1.82, 2.24) is 40.0 Å². The highest BCUT2D eigenvalue weighted by Crippen LogP contribution is 2.24. The molecule has 0 amide bonds. The Kier molecular flexibility index (Phi) is 4.62. The van der Waals surface area contributed by atoms with Crippen LogP contribution < -0.4 is 16.0 Å². The van der Waals surface area contributed by atoms with Crippen LogP contribution in [0.4, 0.5) is 5.82 Å². The van der Waals surface area contributed by atoms with Gasteiger partial charge in [0, 0.05) is 30.9 Å². The number of hydrogen-bond donors (Lipinski definition) is 3. The maximum Gasteiger partial charge on any atom is 0.154 e.